The number of benzene rings is 2. The third kappa shape index (κ3) is 5.62. The monoisotopic (exact) mass is 537 g/mol. The van der Waals surface area contributed by atoms with Crippen LogP contribution < -0.4 is 4.90 Å². The Hall–Kier alpha value is -2.79. The van der Waals surface area contributed by atoms with E-state index in [1.807, 2.05) is 53.6 Å². The fourth-order valence-corrected chi connectivity index (χ4v) is 5.55. The third-order valence-electron chi connectivity index (χ3n) is 6.85. The molecule has 2 aromatic carbocycles. The smallest absolute Gasteiger partial charge is 0.227 e. The van der Waals surface area contributed by atoms with E-state index in [0.717, 1.165) is 23.2 Å². The number of anilines is 1. The van der Waals surface area contributed by atoms with Crippen LogP contribution in [0.3, 0.4) is 0 Å². The Morgan fingerprint density at radius 2 is 1.78 bits per heavy atom. The summed E-state index contributed by atoms with van der Waals surface area (Å²) in [5.74, 6) is 0.436. The number of aromatic nitrogens is 1. The van der Waals surface area contributed by atoms with Crippen LogP contribution in [0, 0.1) is 0 Å². The summed E-state index contributed by atoms with van der Waals surface area (Å²) >= 11 is 18.9. The third-order valence-corrected chi connectivity index (χ3v) is 7.64. The first-order chi connectivity index (χ1) is 17.5. The Kier molecular flexibility index (Phi) is 7.66. The molecule has 7 heteroatoms. The second-order valence-electron chi connectivity index (χ2n) is 9.14. The average Bonchev–Trinajstić information content (AvgIpc) is 2.90. The molecule has 3 aromatic rings. The Morgan fingerprint density at radius 3 is 2.47 bits per heavy atom. The quantitative estimate of drug-likeness (QED) is 0.338. The SMILES string of the molecule is O=C(CC1=CCC(c2cccnc2)C=C1)N1CCN(c2ccc(Cl)cc2Cl)C(c2ccc(Cl)cc2)C1. The highest BCUT2D eigenvalue weighted by Crippen LogP contribution is 2.37. The topological polar surface area (TPSA) is 36.4 Å². The van der Waals surface area contributed by atoms with Gasteiger partial charge in [0.15, 0.2) is 0 Å². The van der Waals surface area contributed by atoms with Crippen LogP contribution in [0.5, 0.6) is 0 Å². The van der Waals surface area contributed by atoms with E-state index in [-0.39, 0.29) is 11.9 Å². The molecule has 1 saturated heterocycles. The maximum absolute atomic E-state index is 13.4. The second kappa shape index (κ2) is 11.1. The van der Waals surface area contributed by atoms with Gasteiger partial charge in [0.25, 0.3) is 0 Å². The fraction of sp³-hybridized carbons (Fsp3) is 0.241. The molecule has 1 amide bonds. The Labute approximate surface area is 226 Å². The zero-order valence-electron chi connectivity index (χ0n) is 19.7. The molecule has 0 saturated carbocycles. The number of carbonyl (C=O) groups excluding carboxylic acids is 1. The number of piperazine rings is 1. The maximum Gasteiger partial charge on any atom is 0.227 e. The van der Waals surface area contributed by atoms with E-state index in [4.69, 9.17) is 34.8 Å². The first kappa shape index (κ1) is 24.9. The minimum atomic E-state index is -0.0514. The number of halogens is 3. The van der Waals surface area contributed by atoms with Gasteiger partial charge in [-0.2, -0.15) is 0 Å². The lowest BCUT2D eigenvalue weighted by molar-refractivity contribution is -0.131. The number of amides is 1. The lowest BCUT2D eigenvalue weighted by Gasteiger charge is -2.43. The molecule has 1 aliphatic heterocycles. The fourth-order valence-electron chi connectivity index (χ4n) is 4.91. The van der Waals surface area contributed by atoms with Gasteiger partial charge in [0.05, 0.1) is 23.2 Å². The minimum absolute atomic E-state index is 0.0514. The van der Waals surface area contributed by atoms with Crippen molar-refractivity contribution >= 4 is 46.4 Å². The predicted molar refractivity (Wildman–Crippen MR) is 148 cm³/mol. The van der Waals surface area contributed by atoms with Crippen molar-refractivity contribution in [1.82, 2.24) is 9.88 Å². The van der Waals surface area contributed by atoms with Crippen LogP contribution in [0.15, 0.2) is 90.8 Å². The van der Waals surface area contributed by atoms with Gasteiger partial charge in [-0.1, -0.05) is 71.2 Å². The van der Waals surface area contributed by atoms with Crippen LogP contribution in [-0.2, 0) is 4.79 Å². The highest BCUT2D eigenvalue weighted by Gasteiger charge is 2.32. The Bertz CT molecular complexity index is 1290. The number of rotatable bonds is 5. The minimum Gasteiger partial charge on any atom is -0.360 e. The zero-order valence-corrected chi connectivity index (χ0v) is 21.9. The number of nitrogens with zero attached hydrogens (tertiary/aromatic N) is 3. The van der Waals surface area contributed by atoms with E-state index in [1.165, 1.54) is 5.56 Å². The number of carbonyl (C=O) groups is 1. The summed E-state index contributed by atoms with van der Waals surface area (Å²) in [7, 11) is 0. The van der Waals surface area contributed by atoms with Crippen molar-refractivity contribution in [2.45, 2.75) is 24.8 Å². The molecule has 4 nitrogen and oxygen atoms in total. The van der Waals surface area contributed by atoms with Gasteiger partial charge in [-0.15, -0.1) is 0 Å². The molecule has 0 radical (unpaired) electrons. The van der Waals surface area contributed by atoms with E-state index in [2.05, 4.69) is 34.2 Å². The number of allylic oxidation sites excluding steroid dienone is 3. The molecule has 0 spiro atoms. The maximum atomic E-state index is 13.4. The molecule has 1 aromatic heterocycles. The van der Waals surface area contributed by atoms with E-state index in [9.17, 15) is 4.79 Å². The highest BCUT2D eigenvalue weighted by molar-refractivity contribution is 6.36. The van der Waals surface area contributed by atoms with Gasteiger partial charge in [-0.3, -0.25) is 9.78 Å². The van der Waals surface area contributed by atoms with Gasteiger partial charge in [-0.05, 0) is 59.5 Å². The molecule has 5 rings (SSSR count). The van der Waals surface area contributed by atoms with Crippen molar-refractivity contribution in [2.75, 3.05) is 24.5 Å². The average molecular weight is 539 g/mol. The van der Waals surface area contributed by atoms with E-state index < -0.39 is 0 Å². The van der Waals surface area contributed by atoms with Crippen LogP contribution in [0.1, 0.15) is 35.9 Å². The van der Waals surface area contributed by atoms with Gasteiger partial charge in [-0.25, -0.2) is 0 Å². The van der Waals surface area contributed by atoms with Crippen molar-refractivity contribution in [2.24, 2.45) is 0 Å². The van der Waals surface area contributed by atoms with Crippen molar-refractivity contribution in [3.8, 4) is 0 Å². The molecule has 184 valence electrons. The van der Waals surface area contributed by atoms with Crippen molar-refractivity contribution in [1.29, 1.82) is 0 Å². The second-order valence-corrected chi connectivity index (χ2v) is 10.4. The van der Waals surface area contributed by atoms with E-state index >= 15 is 0 Å². The summed E-state index contributed by atoms with van der Waals surface area (Å²) in [5, 5.41) is 1.88. The standard InChI is InChI=1S/C29H26Cl3N3O/c30-24-9-7-22(8-10-24)28-19-34(14-15-35(28)27-12-11-25(31)17-26(27)32)29(36)16-20-3-5-21(6-4-20)23-2-1-13-33-18-23/h1-5,7-13,17-18,21,28H,6,14-16,19H2. The summed E-state index contributed by atoms with van der Waals surface area (Å²) in [6, 6.07) is 17.4. The molecule has 36 heavy (non-hydrogen) atoms. The van der Waals surface area contributed by atoms with Gasteiger partial charge in [0.1, 0.15) is 0 Å². The largest absolute Gasteiger partial charge is 0.360 e. The van der Waals surface area contributed by atoms with Gasteiger partial charge < -0.3 is 9.80 Å². The molecular weight excluding hydrogens is 513 g/mol. The summed E-state index contributed by atoms with van der Waals surface area (Å²) in [6.45, 7) is 1.85. The van der Waals surface area contributed by atoms with Crippen LogP contribution in [0.4, 0.5) is 5.69 Å². The molecule has 1 aliphatic carbocycles. The van der Waals surface area contributed by atoms with E-state index in [0.29, 0.717) is 47.0 Å². The van der Waals surface area contributed by atoms with Gasteiger partial charge in [0.2, 0.25) is 5.91 Å². The number of hydrogen-bond acceptors (Lipinski definition) is 3. The van der Waals surface area contributed by atoms with Gasteiger partial charge in [0, 0.05) is 48.0 Å². The molecule has 2 atom stereocenters. The molecule has 1 fully saturated rings. The Balaban J connectivity index is 1.31. The van der Waals surface area contributed by atoms with Crippen molar-refractivity contribution < 1.29 is 4.79 Å². The van der Waals surface area contributed by atoms with Crippen LogP contribution in [0.25, 0.3) is 0 Å². The molecule has 2 heterocycles. The normalized spacial score (nSPS) is 19.8. The number of pyridine rings is 1. The molecular formula is C29H26Cl3N3O. The van der Waals surface area contributed by atoms with Crippen molar-refractivity contribution in [3.63, 3.8) is 0 Å². The summed E-state index contributed by atoms with van der Waals surface area (Å²) in [4.78, 5) is 21.8. The zero-order chi connectivity index (χ0) is 25.1. The first-order valence-electron chi connectivity index (χ1n) is 12.0. The Morgan fingerprint density at radius 1 is 0.972 bits per heavy atom. The van der Waals surface area contributed by atoms with Gasteiger partial charge >= 0.3 is 0 Å². The van der Waals surface area contributed by atoms with Crippen LogP contribution in [0.2, 0.25) is 15.1 Å². The predicted octanol–water partition coefficient (Wildman–Crippen LogP) is 7.49. The summed E-state index contributed by atoms with van der Waals surface area (Å²) < 4.78 is 0. The first-order valence-corrected chi connectivity index (χ1v) is 13.1. The number of hydrogen-bond donors (Lipinski definition) is 0. The molecule has 2 unspecified atom stereocenters. The van der Waals surface area contributed by atoms with Crippen molar-refractivity contribution in [3.05, 3.63) is 117 Å². The molecule has 0 bridgehead atoms. The highest BCUT2D eigenvalue weighted by atomic mass is 35.5. The summed E-state index contributed by atoms with van der Waals surface area (Å²) in [6.07, 6.45) is 11.4. The lowest BCUT2D eigenvalue weighted by Crippen LogP contribution is -2.50. The van der Waals surface area contributed by atoms with E-state index in [1.54, 1.807) is 12.3 Å². The molecule has 2 aliphatic rings. The van der Waals surface area contributed by atoms with Crippen LogP contribution >= 0.6 is 34.8 Å². The lowest BCUT2D eigenvalue weighted by atomic mass is 9.90. The summed E-state index contributed by atoms with van der Waals surface area (Å²) in [5.41, 5.74) is 4.25. The molecule has 0 N–H and O–H groups in total. The van der Waals surface area contributed by atoms with Crippen LogP contribution in [-0.4, -0.2) is 35.4 Å².